The summed E-state index contributed by atoms with van der Waals surface area (Å²) in [5.41, 5.74) is 2.51. The highest BCUT2D eigenvalue weighted by Gasteiger charge is 2.29. The topological polar surface area (TPSA) is 78.5 Å². The third-order valence-corrected chi connectivity index (χ3v) is 5.28. The van der Waals surface area contributed by atoms with Gasteiger partial charge in [-0.05, 0) is 70.2 Å². The molecule has 2 aromatic rings. The number of piperidine rings is 1. The van der Waals surface area contributed by atoms with E-state index >= 15 is 0 Å². The number of hydrogen-bond donors (Lipinski definition) is 2. The number of benzene rings is 1. The molecular formula is C21H29N3O3. The van der Waals surface area contributed by atoms with Gasteiger partial charge in [-0.25, -0.2) is 0 Å². The van der Waals surface area contributed by atoms with Crippen LogP contribution < -0.4 is 4.74 Å². The maximum absolute atomic E-state index is 12.9. The average molecular weight is 371 g/mol. The molecule has 1 aliphatic rings. The number of nitrogens with one attached hydrogen (secondary N) is 1. The SMILES string of the molecule is COc1ccc(-c2n[nH]c(C(=O)N3CCC(CC(C)(C)O)CC3)c2C)cc1. The summed E-state index contributed by atoms with van der Waals surface area (Å²) >= 11 is 0. The Hall–Kier alpha value is -2.34. The first kappa shape index (κ1) is 19.4. The van der Waals surface area contributed by atoms with Gasteiger partial charge in [-0.1, -0.05) is 0 Å². The number of rotatable bonds is 5. The van der Waals surface area contributed by atoms with Crippen molar-refractivity contribution >= 4 is 5.91 Å². The van der Waals surface area contributed by atoms with Gasteiger partial charge in [-0.3, -0.25) is 9.89 Å². The molecule has 0 atom stereocenters. The highest BCUT2D eigenvalue weighted by Crippen LogP contribution is 2.29. The Bertz CT molecular complexity index is 782. The number of ether oxygens (including phenoxy) is 1. The summed E-state index contributed by atoms with van der Waals surface area (Å²) in [6, 6.07) is 7.66. The van der Waals surface area contributed by atoms with Gasteiger partial charge in [0.05, 0.1) is 18.4 Å². The Balaban J connectivity index is 1.68. The number of hydrogen-bond acceptors (Lipinski definition) is 4. The van der Waals surface area contributed by atoms with Crippen LogP contribution in [0, 0.1) is 12.8 Å². The maximum atomic E-state index is 12.9. The molecular weight excluding hydrogens is 342 g/mol. The molecule has 2 heterocycles. The molecule has 1 amide bonds. The van der Waals surface area contributed by atoms with Gasteiger partial charge >= 0.3 is 0 Å². The molecule has 1 aromatic heterocycles. The zero-order valence-corrected chi connectivity index (χ0v) is 16.6. The Morgan fingerprint density at radius 3 is 2.48 bits per heavy atom. The summed E-state index contributed by atoms with van der Waals surface area (Å²) < 4.78 is 5.19. The first-order valence-corrected chi connectivity index (χ1v) is 9.49. The smallest absolute Gasteiger partial charge is 0.272 e. The van der Waals surface area contributed by atoms with E-state index in [9.17, 15) is 9.90 Å². The lowest BCUT2D eigenvalue weighted by Crippen LogP contribution is -2.40. The Morgan fingerprint density at radius 2 is 1.93 bits per heavy atom. The fraction of sp³-hybridized carbons (Fsp3) is 0.524. The minimum Gasteiger partial charge on any atom is -0.497 e. The fourth-order valence-corrected chi connectivity index (χ4v) is 3.84. The predicted molar refractivity (Wildman–Crippen MR) is 105 cm³/mol. The summed E-state index contributed by atoms with van der Waals surface area (Å²) in [5, 5.41) is 17.3. The second kappa shape index (κ2) is 7.72. The molecule has 0 saturated carbocycles. The number of amides is 1. The van der Waals surface area contributed by atoms with Crippen molar-refractivity contribution in [2.45, 2.75) is 45.6 Å². The predicted octanol–water partition coefficient (Wildman–Crippen LogP) is 3.41. The quantitative estimate of drug-likeness (QED) is 0.844. The average Bonchev–Trinajstić information content (AvgIpc) is 3.02. The lowest BCUT2D eigenvalue weighted by atomic mass is 9.86. The van der Waals surface area contributed by atoms with E-state index in [1.54, 1.807) is 7.11 Å². The zero-order chi connectivity index (χ0) is 19.6. The van der Waals surface area contributed by atoms with Gasteiger partial charge in [0.15, 0.2) is 0 Å². The number of aromatic nitrogens is 2. The first-order valence-electron chi connectivity index (χ1n) is 9.49. The van der Waals surface area contributed by atoms with Crippen LogP contribution in [-0.4, -0.2) is 51.9 Å². The summed E-state index contributed by atoms with van der Waals surface area (Å²) in [4.78, 5) is 14.8. The van der Waals surface area contributed by atoms with E-state index < -0.39 is 5.60 Å². The zero-order valence-electron chi connectivity index (χ0n) is 16.6. The lowest BCUT2D eigenvalue weighted by molar-refractivity contribution is 0.0356. The molecule has 1 fully saturated rings. The van der Waals surface area contributed by atoms with E-state index in [0.29, 0.717) is 11.6 Å². The van der Waals surface area contributed by atoms with Crippen molar-refractivity contribution < 1.29 is 14.6 Å². The molecule has 0 aliphatic carbocycles. The van der Waals surface area contributed by atoms with Gasteiger partial charge in [0.2, 0.25) is 0 Å². The van der Waals surface area contributed by atoms with Gasteiger partial charge in [0.25, 0.3) is 5.91 Å². The van der Waals surface area contributed by atoms with E-state index in [1.165, 1.54) is 0 Å². The van der Waals surface area contributed by atoms with Crippen LogP contribution >= 0.6 is 0 Å². The van der Waals surface area contributed by atoms with Crippen LogP contribution in [0.15, 0.2) is 24.3 Å². The second-order valence-corrected chi connectivity index (χ2v) is 8.05. The number of H-pyrrole nitrogens is 1. The molecule has 0 bridgehead atoms. The third-order valence-electron chi connectivity index (χ3n) is 5.28. The van der Waals surface area contributed by atoms with Crippen LogP contribution in [-0.2, 0) is 0 Å². The van der Waals surface area contributed by atoms with E-state index in [2.05, 4.69) is 10.2 Å². The second-order valence-electron chi connectivity index (χ2n) is 8.05. The molecule has 0 spiro atoms. The van der Waals surface area contributed by atoms with Crippen molar-refractivity contribution in [3.05, 3.63) is 35.5 Å². The monoisotopic (exact) mass is 371 g/mol. The normalized spacial score (nSPS) is 15.8. The van der Waals surface area contributed by atoms with Crippen molar-refractivity contribution in [3.8, 4) is 17.0 Å². The van der Waals surface area contributed by atoms with E-state index in [4.69, 9.17) is 4.74 Å². The van der Waals surface area contributed by atoms with Gasteiger partial charge in [0.1, 0.15) is 11.4 Å². The number of carbonyl (C=O) groups excluding carboxylic acids is 1. The summed E-state index contributed by atoms with van der Waals surface area (Å²) in [6.45, 7) is 7.06. The van der Waals surface area contributed by atoms with Crippen molar-refractivity contribution in [2.24, 2.45) is 5.92 Å². The van der Waals surface area contributed by atoms with Crippen LogP contribution in [0.1, 0.15) is 49.2 Å². The van der Waals surface area contributed by atoms with Gasteiger partial charge in [-0.2, -0.15) is 5.10 Å². The molecule has 27 heavy (non-hydrogen) atoms. The number of carbonyl (C=O) groups is 1. The van der Waals surface area contributed by atoms with Crippen LogP contribution in [0.25, 0.3) is 11.3 Å². The fourth-order valence-electron chi connectivity index (χ4n) is 3.84. The number of nitrogens with zero attached hydrogens (tertiary/aromatic N) is 2. The summed E-state index contributed by atoms with van der Waals surface area (Å²) in [6.07, 6.45) is 2.63. The van der Waals surface area contributed by atoms with E-state index in [-0.39, 0.29) is 5.91 Å². The summed E-state index contributed by atoms with van der Waals surface area (Å²) in [7, 11) is 1.64. The summed E-state index contributed by atoms with van der Waals surface area (Å²) in [5.74, 6) is 1.26. The molecule has 1 aliphatic heterocycles. The molecule has 6 heteroatoms. The molecule has 3 rings (SSSR count). The molecule has 0 radical (unpaired) electrons. The first-order chi connectivity index (χ1) is 12.8. The standard InChI is InChI=1S/C21H29N3O3/c1-14-18(16-5-7-17(27-4)8-6-16)22-23-19(14)20(25)24-11-9-15(10-12-24)13-21(2,3)26/h5-8,15,26H,9-13H2,1-4H3,(H,22,23). The van der Waals surface area contributed by atoms with Crippen LogP contribution in [0.3, 0.4) is 0 Å². The Morgan fingerprint density at radius 1 is 1.30 bits per heavy atom. The highest BCUT2D eigenvalue weighted by atomic mass is 16.5. The van der Waals surface area contributed by atoms with Gasteiger partial charge in [0, 0.05) is 24.2 Å². The number of aromatic amines is 1. The number of likely N-dealkylation sites (tertiary alicyclic amines) is 1. The minimum atomic E-state index is -0.649. The maximum Gasteiger partial charge on any atom is 0.272 e. The van der Waals surface area contributed by atoms with Crippen LogP contribution in [0.4, 0.5) is 0 Å². The molecule has 146 valence electrons. The number of aliphatic hydroxyl groups is 1. The van der Waals surface area contributed by atoms with Crippen LogP contribution in [0.5, 0.6) is 5.75 Å². The largest absolute Gasteiger partial charge is 0.497 e. The molecule has 0 unspecified atom stereocenters. The van der Waals surface area contributed by atoms with Crippen molar-refractivity contribution in [3.63, 3.8) is 0 Å². The van der Waals surface area contributed by atoms with Crippen LogP contribution in [0.2, 0.25) is 0 Å². The number of methoxy groups -OCH3 is 1. The molecule has 1 aromatic carbocycles. The van der Waals surface area contributed by atoms with Gasteiger partial charge in [-0.15, -0.1) is 0 Å². The minimum absolute atomic E-state index is 0.00136. The molecule has 2 N–H and O–H groups in total. The lowest BCUT2D eigenvalue weighted by Gasteiger charge is -2.34. The van der Waals surface area contributed by atoms with Crippen molar-refractivity contribution in [2.75, 3.05) is 20.2 Å². The van der Waals surface area contributed by atoms with E-state index in [0.717, 1.165) is 54.9 Å². The van der Waals surface area contributed by atoms with Crippen molar-refractivity contribution in [1.29, 1.82) is 0 Å². The molecule has 1 saturated heterocycles. The Labute approximate surface area is 160 Å². The molecule has 6 nitrogen and oxygen atoms in total. The van der Waals surface area contributed by atoms with Crippen molar-refractivity contribution in [1.82, 2.24) is 15.1 Å². The highest BCUT2D eigenvalue weighted by molar-refractivity contribution is 5.95. The van der Waals surface area contributed by atoms with Gasteiger partial charge < -0.3 is 14.7 Å². The Kier molecular flexibility index (Phi) is 5.56. The third kappa shape index (κ3) is 4.50. The van der Waals surface area contributed by atoms with E-state index in [1.807, 2.05) is 49.9 Å².